The maximum atomic E-state index is 11.0. The Balaban J connectivity index is 2.28. The van der Waals surface area contributed by atoms with Crippen LogP contribution in [0.15, 0.2) is 24.5 Å². The molecule has 0 radical (unpaired) electrons. The molecule has 1 heterocycles. The molecule has 0 bridgehead atoms. The maximum Gasteiger partial charge on any atom is 0.335 e. The predicted octanol–water partition coefficient (Wildman–Crippen LogP) is 3.03. The average molecular weight is 273 g/mol. The fourth-order valence-electron chi connectivity index (χ4n) is 1.82. The molecule has 1 aromatic heterocycles. The number of anilines is 1. The Morgan fingerprint density at radius 1 is 1.30 bits per heavy atom. The van der Waals surface area contributed by atoms with Crippen molar-refractivity contribution in [2.45, 2.75) is 20.8 Å². The highest BCUT2D eigenvalue weighted by molar-refractivity contribution is 5.96. The summed E-state index contributed by atoms with van der Waals surface area (Å²) in [6.07, 6.45) is 1.45. The van der Waals surface area contributed by atoms with Gasteiger partial charge in [-0.25, -0.2) is 14.8 Å². The Labute approximate surface area is 118 Å². The van der Waals surface area contributed by atoms with Gasteiger partial charge in [-0.3, -0.25) is 0 Å². The fourth-order valence-corrected chi connectivity index (χ4v) is 1.82. The van der Waals surface area contributed by atoms with Crippen molar-refractivity contribution in [2.75, 3.05) is 11.9 Å². The quantitative estimate of drug-likeness (QED) is 0.875. The topological polar surface area (TPSA) is 75.1 Å². The normalized spacial score (nSPS) is 12.6. The number of fused-ring (bicyclic) bond motifs is 1. The maximum absolute atomic E-state index is 11.0. The molecule has 0 amide bonds. The Morgan fingerprint density at radius 2 is 2.05 bits per heavy atom. The number of rotatable bonds is 5. The van der Waals surface area contributed by atoms with Gasteiger partial charge in [0.15, 0.2) is 0 Å². The first-order valence-corrected chi connectivity index (χ1v) is 6.71. The highest BCUT2D eigenvalue weighted by Crippen LogP contribution is 2.21. The van der Waals surface area contributed by atoms with E-state index >= 15 is 0 Å². The first kappa shape index (κ1) is 14.2. The van der Waals surface area contributed by atoms with E-state index in [1.807, 2.05) is 0 Å². The molecule has 2 N–H and O–H groups in total. The molecule has 2 aromatic rings. The van der Waals surface area contributed by atoms with E-state index in [2.05, 4.69) is 36.1 Å². The van der Waals surface area contributed by atoms with E-state index in [1.165, 1.54) is 6.33 Å². The van der Waals surface area contributed by atoms with Crippen LogP contribution in [0.5, 0.6) is 0 Å². The molecule has 0 aliphatic heterocycles. The molecule has 0 fully saturated rings. The number of nitrogens with zero attached hydrogens (tertiary/aromatic N) is 2. The summed E-state index contributed by atoms with van der Waals surface area (Å²) >= 11 is 0. The van der Waals surface area contributed by atoms with Gasteiger partial charge in [0.25, 0.3) is 0 Å². The third-order valence-electron chi connectivity index (χ3n) is 3.61. The van der Waals surface area contributed by atoms with Gasteiger partial charge in [-0.05, 0) is 30.0 Å². The van der Waals surface area contributed by atoms with E-state index < -0.39 is 5.97 Å². The highest BCUT2D eigenvalue weighted by Gasteiger charge is 2.10. The summed E-state index contributed by atoms with van der Waals surface area (Å²) < 4.78 is 0. The number of hydrogen-bond donors (Lipinski definition) is 2. The molecule has 1 atom stereocenters. The van der Waals surface area contributed by atoms with Crippen molar-refractivity contribution in [3.8, 4) is 0 Å². The molecule has 0 spiro atoms. The summed E-state index contributed by atoms with van der Waals surface area (Å²) in [6, 6.07) is 4.89. The van der Waals surface area contributed by atoms with Gasteiger partial charge in [0.05, 0.1) is 11.1 Å². The molecule has 106 valence electrons. The molecule has 1 unspecified atom stereocenters. The lowest BCUT2D eigenvalue weighted by atomic mass is 9.98. The molecule has 0 aliphatic carbocycles. The van der Waals surface area contributed by atoms with Crippen molar-refractivity contribution in [3.63, 3.8) is 0 Å². The number of carbonyl (C=O) groups is 1. The summed E-state index contributed by atoms with van der Waals surface area (Å²) in [5, 5.41) is 13.2. The molecular weight excluding hydrogens is 254 g/mol. The average Bonchev–Trinajstić information content (AvgIpc) is 2.43. The van der Waals surface area contributed by atoms with Crippen molar-refractivity contribution >= 4 is 22.7 Å². The molecule has 20 heavy (non-hydrogen) atoms. The molecular formula is C15H19N3O2. The number of hydrogen-bond acceptors (Lipinski definition) is 4. The van der Waals surface area contributed by atoms with Gasteiger partial charge >= 0.3 is 5.97 Å². The number of benzene rings is 1. The van der Waals surface area contributed by atoms with Crippen LogP contribution in [0.25, 0.3) is 10.9 Å². The number of carboxylic acids is 1. The van der Waals surface area contributed by atoms with Gasteiger partial charge in [-0.15, -0.1) is 0 Å². The summed E-state index contributed by atoms with van der Waals surface area (Å²) in [7, 11) is 0. The van der Waals surface area contributed by atoms with Crippen molar-refractivity contribution in [1.82, 2.24) is 9.97 Å². The van der Waals surface area contributed by atoms with E-state index in [0.717, 1.165) is 17.7 Å². The minimum absolute atomic E-state index is 0.234. The van der Waals surface area contributed by atoms with Crippen LogP contribution >= 0.6 is 0 Å². The Kier molecular flexibility index (Phi) is 4.17. The zero-order chi connectivity index (χ0) is 14.7. The summed E-state index contributed by atoms with van der Waals surface area (Å²) in [5.41, 5.74) is 0.872. The minimum atomic E-state index is -0.951. The van der Waals surface area contributed by atoms with Crippen molar-refractivity contribution in [1.29, 1.82) is 0 Å². The van der Waals surface area contributed by atoms with Gasteiger partial charge in [-0.1, -0.05) is 20.8 Å². The van der Waals surface area contributed by atoms with E-state index in [0.29, 0.717) is 17.4 Å². The van der Waals surface area contributed by atoms with Gasteiger partial charge < -0.3 is 10.4 Å². The fraction of sp³-hybridized carbons (Fsp3) is 0.400. The summed E-state index contributed by atoms with van der Waals surface area (Å²) in [6.45, 7) is 7.38. The largest absolute Gasteiger partial charge is 0.478 e. The van der Waals surface area contributed by atoms with E-state index in [1.54, 1.807) is 18.2 Å². The first-order chi connectivity index (χ1) is 9.49. The molecule has 0 saturated heterocycles. The molecule has 0 aliphatic rings. The number of nitrogens with one attached hydrogen (secondary N) is 1. The van der Waals surface area contributed by atoms with Crippen LogP contribution in [0.2, 0.25) is 0 Å². The van der Waals surface area contributed by atoms with Gasteiger partial charge in [-0.2, -0.15) is 0 Å². The lowest BCUT2D eigenvalue weighted by Gasteiger charge is -2.17. The second-order valence-corrected chi connectivity index (χ2v) is 5.36. The SMILES string of the molecule is CC(C)C(C)CNc1ncnc2cc(C(=O)O)ccc12. The van der Waals surface area contributed by atoms with Crippen LogP contribution in [-0.4, -0.2) is 27.6 Å². The van der Waals surface area contributed by atoms with Crippen LogP contribution in [0, 0.1) is 11.8 Å². The zero-order valence-corrected chi connectivity index (χ0v) is 11.9. The van der Waals surface area contributed by atoms with E-state index in [9.17, 15) is 4.79 Å². The minimum Gasteiger partial charge on any atom is -0.478 e. The predicted molar refractivity (Wildman–Crippen MR) is 79.0 cm³/mol. The van der Waals surface area contributed by atoms with Crippen molar-refractivity contribution < 1.29 is 9.90 Å². The van der Waals surface area contributed by atoms with Crippen LogP contribution in [0.4, 0.5) is 5.82 Å². The third kappa shape index (κ3) is 3.04. The van der Waals surface area contributed by atoms with Crippen molar-refractivity contribution in [3.05, 3.63) is 30.1 Å². The smallest absolute Gasteiger partial charge is 0.335 e. The Bertz CT molecular complexity index is 626. The molecule has 5 nitrogen and oxygen atoms in total. The number of carboxylic acid groups (broad SMARTS) is 1. The second kappa shape index (κ2) is 5.86. The number of aromatic nitrogens is 2. The van der Waals surface area contributed by atoms with Crippen LogP contribution < -0.4 is 5.32 Å². The van der Waals surface area contributed by atoms with E-state index in [4.69, 9.17) is 5.11 Å². The zero-order valence-electron chi connectivity index (χ0n) is 11.9. The number of aromatic carboxylic acids is 1. The summed E-state index contributed by atoms with van der Waals surface area (Å²) in [5.74, 6) is 0.917. The van der Waals surface area contributed by atoms with Gasteiger partial charge in [0.1, 0.15) is 12.1 Å². The second-order valence-electron chi connectivity index (χ2n) is 5.36. The lowest BCUT2D eigenvalue weighted by Crippen LogP contribution is -2.17. The van der Waals surface area contributed by atoms with Crippen LogP contribution in [0.3, 0.4) is 0 Å². The monoisotopic (exact) mass is 273 g/mol. The standard InChI is InChI=1S/C15H19N3O2/c1-9(2)10(3)7-16-14-12-5-4-11(15(19)20)6-13(12)17-8-18-14/h4-6,8-10H,7H2,1-3H3,(H,19,20)(H,16,17,18). The Hall–Kier alpha value is -2.17. The highest BCUT2D eigenvalue weighted by atomic mass is 16.4. The van der Waals surface area contributed by atoms with Gasteiger partial charge in [0.2, 0.25) is 0 Å². The summed E-state index contributed by atoms with van der Waals surface area (Å²) in [4.78, 5) is 19.3. The molecule has 1 aromatic carbocycles. The van der Waals surface area contributed by atoms with Crippen LogP contribution in [0.1, 0.15) is 31.1 Å². The van der Waals surface area contributed by atoms with E-state index in [-0.39, 0.29) is 5.56 Å². The lowest BCUT2D eigenvalue weighted by molar-refractivity contribution is 0.0697. The van der Waals surface area contributed by atoms with Crippen LogP contribution in [-0.2, 0) is 0 Å². The van der Waals surface area contributed by atoms with Crippen molar-refractivity contribution in [2.24, 2.45) is 11.8 Å². The first-order valence-electron chi connectivity index (χ1n) is 6.71. The Morgan fingerprint density at radius 3 is 2.70 bits per heavy atom. The molecule has 0 saturated carbocycles. The molecule has 2 rings (SSSR count). The van der Waals surface area contributed by atoms with Gasteiger partial charge in [0, 0.05) is 11.9 Å². The molecule has 5 heteroatoms. The third-order valence-corrected chi connectivity index (χ3v) is 3.61.